The van der Waals surface area contributed by atoms with E-state index in [2.05, 4.69) is 28.5 Å². The molecular weight excluding hydrogens is 482 g/mol. The van der Waals surface area contributed by atoms with Gasteiger partial charge < -0.3 is 18.9 Å². The minimum absolute atomic E-state index is 0.0847. The fourth-order valence-corrected chi connectivity index (χ4v) is 5.56. The van der Waals surface area contributed by atoms with Crippen molar-refractivity contribution in [2.75, 3.05) is 45.1 Å². The first kappa shape index (κ1) is 26.4. The summed E-state index contributed by atoms with van der Waals surface area (Å²) in [4.78, 5) is 21.4. The lowest BCUT2D eigenvalue weighted by atomic mass is 10.0. The maximum atomic E-state index is 13.4. The van der Waals surface area contributed by atoms with Crippen molar-refractivity contribution in [3.8, 4) is 5.75 Å². The van der Waals surface area contributed by atoms with Gasteiger partial charge in [0.25, 0.3) is 15.9 Å². The predicted molar refractivity (Wildman–Crippen MR) is 137 cm³/mol. The molecule has 0 radical (unpaired) electrons. The normalized spacial score (nSPS) is 24.4. The summed E-state index contributed by atoms with van der Waals surface area (Å²) in [5, 5.41) is -0.0847. The van der Waals surface area contributed by atoms with Crippen molar-refractivity contribution < 1.29 is 22.7 Å². The molecule has 2 aliphatic rings. The molecule has 11 heteroatoms. The number of anilines is 1. The van der Waals surface area contributed by atoms with E-state index >= 15 is 0 Å². The van der Waals surface area contributed by atoms with Crippen LogP contribution in [0.1, 0.15) is 37.0 Å². The standard InChI is InChI=1S/C25H37N5O5S/c1-17-11-30(12-19-6-7-19)18(2)15-35-22-10-20(27-36(32,33)24-14-28(3)16-26-24)8-9-21(22)25(31)29(4)13-23(17)34-5/h8-10,14,16-19,23,27H,6-7,11-13,15H2,1-5H3/t17-,18-,23+/m1/s1. The van der Waals surface area contributed by atoms with E-state index in [0.29, 0.717) is 30.2 Å². The van der Waals surface area contributed by atoms with Gasteiger partial charge in [-0.15, -0.1) is 0 Å². The van der Waals surface area contributed by atoms with E-state index in [1.165, 1.54) is 25.4 Å². The van der Waals surface area contributed by atoms with Crippen LogP contribution in [0.5, 0.6) is 5.75 Å². The molecule has 1 fully saturated rings. The quantitative estimate of drug-likeness (QED) is 0.625. The number of amides is 1. The van der Waals surface area contributed by atoms with Crippen LogP contribution in [0.2, 0.25) is 0 Å². The number of methoxy groups -OCH3 is 1. The summed E-state index contributed by atoms with van der Waals surface area (Å²) < 4.78 is 41.7. The maximum absolute atomic E-state index is 13.4. The topological polar surface area (TPSA) is 106 Å². The fraction of sp³-hybridized carbons (Fsp3) is 0.600. The molecule has 2 heterocycles. The summed E-state index contributed by atoms with van der Waals surface area (Å²) in [5.74, 6) is 1.08. The third-order valence-corrected chi connectivity index (χ3v) is 8.24. The molecule has 4 rings (SSSR count). The first-order valence-corrected chi connectivity index (χ1v) is 13.9. The predicted octanol–water partition coefficient (Wildman–Crippen LogP) is 2.44. The lowest BCUT2D eigenvalue weighted by molar-refractivity contribution is 0.00994. The molecule has 1 aromatic heterocycles. The number of benzene rings is 1. The van der Waals surface area contributed by atoms with Gasteiger partial charge in [-0.05, 0) is 43.7 Å². The molecule has 0 saturated heterocycles. The number of imidazole rings is 1. The molecule has 2 aromatic rings. The number of ether oxygens (including phenoxy) is 2. The monoisotopic (exact) mass is 519 g/mol. The molecule has 1 aliphatic carbocycles. The van der Waals surface area contributed by atoms with Gasteiger partial charge in [-0.2, -0.15) is 8.42 Å². The highest BCUT2D eigenvalue weighted by molar-refractivity contribution is 7.92. The molecule has 1 saturated carbocycles. The largest absolute Gasteiger partial charge is 0.491 e. The summed E-state index contributed by atoms with van der Waals surface area (Å²) >= 11 is 0. The van der Waals surface area contributed by atoms with Crippen molar-refractivity contribution in [1.82, 2.24) is 19.4 Å². The van der Waals surface area contributed by atoms with Crippen molar-refractivity contribution >= 4 is 21.6 Å². The Bertz CT molecular complexity index is 1180. The van der Waals surface area contributed by atoms with Gasteiger partial charge in [0.1, 0.15) is 12.4 Å². The van der Waals surface area contributed by atoms with E-state index in [0.717, 1.165) is 19.0 Å². The number of rotatable bonds is 6. The summed E-state index contributed by atoms with van der Waals surface area (Å²) in [6.07, 6.45) is 5.25. The van der Waals surface area contributed by atoms with Gasteiger partial charge >= 0.3 is 0 Å². The number of hydrogen-bond donors (Lipinski definition) is 1. The Kier molecular flexibility index (Phi) is 7.91. The molecule has 36 heavy (non-hydrogen) atoms. The third-order valence-electron chi connectivity index (χ3n) is 6.97. The van der Waals surface area contributed by atoms with Gasteiger partial charge in [-0.1, -0.05) is 6.92 Å². The number of carbonyl (C=O) groups excluding carboxylic acids is 1. The van der Waals surface area contributed by atoms with Crippen LogP contribution in [0.15, 0.2) is 35.7 Å². The molecule has 0 bridgehead atoms. The first-order chi connectivity index (χ1) is 17.1. The van der Waals surface area contributed by atoms with E-state index in [1.807, 2.05) is 0 Å². The minimum Gasteiger partial charge on any atom is -0.491 e. The number of carbonyl (C=O) groups is 1. The van der Waals surface area contributed by atoms with Crippen molar-refractivity contribution in [2.45, 2.75) is 43.9 Å². The van der Waals surface area contributed by atoms with E-state index < -0.39 is 10.0 Å². The molecular formula is C25H37N5O5S. The van der Waals surface area contributed by atoms with Crippen LogP contribution in [0.25, 0.3) is 0 Å². The van der Waals surface area contributed by atoms with Gasteiger partial charge in [0.15, 0.2) is 5.03 Å². The summed E-state index contributed by atoms with van der Waals surface area (Å²) in [6.45, 7) is 6.96. The summed E-state index contributed by atoms with van der Waals surface area (Å²) in [5.41, 5.74) is 0.676. The highest BCUT2D eigenvalue weighted by atomic mass is 32.2. The van der Waals surface area contributed by atoms with Crippen LogP contribution < -0.4 is 9.46 Å². The number of aromatic nitrogens is 2. The van der Waals surface area contributed by atoms with Gasteiger partial charge in [0, 0.05) is 59.1 Å². The average molecular weight is 520 g/mol. The lowest BCUT2D eigenvalue weighted by Gasteiger charge is -2.36. The van der Waals surface area contributed by atoms with E-state index in [1.54, 1.807) is 48.9 Å². The van der Waals surface area contributed by atoms with E-state index in [-0.39, 0.29) is 29.0 Å². The lowest BCUT2D eigenvalue weighted by Crippen LogP contribution is -2.47. The van der Waals surface area contributed by atoms with Gasteiger partial charge in [-0.3, -0.25) is 14.4 Å². The van der Waals surface area contributed by atoms with Crippen LogP contribution in [0.4, 0.5) is 5.69 Å². The van der Waals surface area contributed by atoms with Crippen molar-refractivity contribution in [3.63, 3.8) is 0 Å². The molecule has 1 aromatic carbocycles. The SMILES string of the molecule is CO[C@H]1CN(C)C(=O)c2ccc(NS(=O)(=O)c3cn(C)cn3)cc2OC[C@@H](C)N(CC2CC2)C[C@H]1C. The fourth-order valence-electron chi connectivity index (χ4n) is 4.53. The Morgan fingerprint density at radius 1 is 1.19 bits per heavy atom. The Balaban J connectivity index is 1.64. The number of nitrogens with zero attached hydrogens (tertiary/aromatic N) is 4. The van der Waals surface area contributed by atoms with Crippen LogP contribution >= 0.6 is 0 Å². The minimum atomic E-state index is -3.88. The second-order valence-corrected chi connectivity index (χ2v) is 11.8. The second-order valence-electron chi connectivity index (χ2n) is 10.2. The molecule has 198 valence electrons. The van der Waals surface area contributed by atoms with Crippen molar-refractivity contribution in [2.24, 2.45) is 18.9 Å². The van der Waals surface area contributed by atoms with Crippen LogP contribution in [-0.4, -0.2) is 86.2 Å². The van der Waals surface area contributed by atoms with Gasteiger partial charge in [0.2, 0.25) is 0 Å². The smallest absolute Gasteiger partial charge is 0.280 e. The Hall–Kier alpha value is -2.63. The number of hydrogen-bond acceptors (Lipinski definition) is 7. The molecule has 3 atom stereocenters. The molecule has 10 nitrogen and oxygen atoms in total. The van der Waals surface area contributed by atoms with Gasteiger partial charge in [0.05, 0.1) is 23.7 Å². The second kappa shape index (κ2) is 10.8. The molecule has 0 spiro atoms. The Morgan fingerprint density at radius 2 is 1.94 bits per heavy atom. The zero-order valence-electron chi connectivity index (χ0n) is 21.7. The first-order valence-electron chi connectivity index (χ1n) is 12.4. The molecule has 1 aliphatic heterocycles. The van der Waals surface area contributed by atoms with Crippen molar-refractivity contribution in [3.05, 3.63) is 36.3 Å². The Labute approximate surface area is 213 Å². The third kappa shape index (κ3) is 6.19. The highest BCUT2D eigenvalue weighted by Crippen LogP contribution is 2.32. The van der Waals surface area contributed by atoms with Gasteiger partial charge in [-0.25, -0.2) is 4.98 Å². The molecule has 1 N–H and O–H groups in total. The van der Waals surface area contributed by atoms with Crippen LogP contribution in [0.3, 0.4) is 0 Å². The van der Waals surface area contributed by atoms with Crippen LogP contribution in [-0.2, 0) is 21.8 Å². The zero-order chi connectivity index (χ0) is 26.0. The number of fused-ring (bicyclic) bond motifs is 1. The molecule has 0 unspecified atom stereocenters. The number of sulfonamides is 1. The van der Waals surface area contributed by atoms with Crippen molar-refractivity contribution in [1.29, 1.82) is 0 Å². The summed E-state index contributed by atoms with van der Waals surface area (Å²) in [7, 11) is 1.26. The maximum Gasteiger partial charge on any atom is 0.280 e. The van der Waals surface area contributed by atoms with E-state index in [9.17, 15) is 13.2 Å². The summed E-state index contributed by atoms with van der Waals surface area (Å²) in [6, 6.07) is 4.86. The molecule has 1 amide bonds. The van der Waals surface area contributed by atoms with E-state index in [4.69, 9.17) is 9.47 Å². The zero-order valence-corrected chi connectivity index (χ0v) is 22.5. The number of likely N-dealkylation sites (N-methyl/N-ethyl adjacent to an activating group) is 1. The average Bonchev–Trinajstić information content (AvgIpc) is 3.54. The number of nitrogens with one attached hydrogen (secondary N) is 1. The highest BCUT2D eigenvalue weighted by Gasteiger charge is 2.32. The number of aryl methyl sites for hydroxylation is 1. The van der Waals surface area contributed by atoms with Crippen LogP contribution in [0, 0.1) is 11.8 Å². The Morgan fingerprint density at radius 3 is 2.58 bits per heavy atom.